The summed E-state index contributed by atoms with van der Waals surface area (Å²) >= 11 is 0. The first-order chi connectivity index (χ1) is 7.42. The number of carbonyl (C=O) groups excluding carboxylic acids is 1. The highest BCUT2D eigenvalue weighted by Gasteiger charge is 2.13. The number of nitrogens with zero attached hydrogens (tertiary/aromatic N) is 1. The van der Waals surface area contributed by atoms with E-state index in [2.05, 4.69) is 4.72 Å². The van der Waals surface area contributed by atoms with E-state index in [0.717, 1.165) is 6.26 Å². The summed E-state index contributed by atoms with van der Waals surface area (Å²) in [5.41, 5.74) is 0.217. The Hall–Kier alpha value is -1.56. The Balaban J connectivity index is 2.78. The van der Waals surface area contributed by atoms with Crippen molar-refractivity contribution < 1.29 is 17.9 Å². The van der Waals surface area contributed by atoms with E-state index in [1.807, 2.05) is 6.92 Å². The molecule has 0 heterocycles. The third-order valence-electron chi connectivity index (χ3n) is 1.66. The Labute approximate surface area is 94.5 Å². The number of hydrogen-bond donors (Lipinski definition) is 0. The number of ether oxygens (including phenoxy) is 1. The minimum absolute atomic E-state index is 0.217. The van der Waals surface area contributed by atoms with Crippen LogP contribution in [-0.2, 0) is 10.0 Å². The molecule has 1 aromatic rings. The number of hydrogen-bond acceptors (Lipinski definition) is 4. The molecule has 0 saturated carbocycles. The second-order valence-corrected chi connectivity index (χ2v) is 4.74. The quantitative estimate of drug-likeness (QED) is 0.782. The minimum atomic E-state index is -3.65. The van der Waals surface area contributed by atoms with Crippen LogP contribution in [0.3, 0.4) is 0 Å². The molecule has 6 heteroatoms. The smallest absolute Gasteiger partial charge is 0.287 e. The van der Waals surface area contributed by atoms with Gasteiger partial charge in [0.15, 0.2) is 0 Å². The molecule has 0 aliphatic heterocycles. The maximum atomic E-state index is 11.3. The molecule has 0 aromatic heterocycles. The predicted octanol–water partition coefficient (Wildman–Crippen LogP) is 0.790. The standard InChI is InChI=1S/C10H12NO4S/c1-3-15-9-6-4-8(5-7-9)10(12)11-16(2,13)14/h4-7H,3H2,1-2H3. The van der Waals surface area contributed by atoms with Gasteiger partial charge in [-0.1, -0.05) is 0 Å². The number of rotatable bonds is 4. The molecule has 1 radical (unpaired) electrons. The fourth-order valence-corrected chi connectivity index (χ4v) is 1.47. The van der Waals surface area contributed by atoms with Gasteiger partial charge < -0.3 is 4.74 Å². The van der Waals surface area contributed by atoms with E-state index in [1.54, 1.807) is 12.1 Å². The lowest BCUT2D eigenvalue weighted by Gasteiger charge is -2.03. The van der Waals surface area contributed by atoms with Crippen LogP contribution in [0.15, 0.2) is 24.3 Å². The van der Waals surface area contributed by atoms with Crippen molar-refractivity contribution >= 4 is 15.9 Å². The van der Waals surface area contributed by atoms with Crippen LogP contribution in [0.1, 0.15) is 17.3 Å². The fraction of sp³-hybridized carbons (Fsp3) is 0.300. The number of amides is 1. The molecule has 0 fully saturated rings. The second kappa shape index (κ2) is 4.98. The van der Waals surface area contributed by atoms with Gasteiger partial charge in [0.1, 0.15) is 5.75 Å². The zero-order chi connectivity index (χ0) is 12.2. The lowest BCUT2D eigenvalue weighted by Crippen LogP contribution is -2.21. The van der Waals surface area contributed by atoms with Gasteiger partial charge in [0.05, 0.1) is 12.9 Å². The van der Waals surface area contributed by atoms with Crippen LogP contribution in [0.2, 0.25) is 0 Å². The number of carbonyl (C=O) groups is 1. The predicted molar refractivity (Wildman–Crippen MR) is 58.9 cm³/mol. The third-order valence-corrected chi connectivity index (χ3v) is 2.16. The van der Waals surface area contributed by atoms with Crippen molar-refractivity contribution in [3.05, 3.63) is 29.8 Å². The molecule has 16 heavy (non-hydrogen) atoms. The molecule has 5 nitrogen and oxygen atoms in total. The van der Waals surface area contributed by atoms with Gasteiger partial charge in [-0.05, 0) is 31.2 Å². The lowest BCUT2D eigenvalue weighted by atomic mass is 10.2. The van der Waals surface area contributed by atoms with Gasteiger partial charge >= 0.3 is 0 Å². The first-order valence-corrected chi connectivity index (χ1v) is 6.47. The highest BCUT2D eigenvalue weighted by atomic mass is 32.2. The zero-order valence-corrected chi connectivity index (χ0v) is 9.82. The Kier molecular flexibility index (Phi) is 3.89. The summed E-state index contributed by atoms with van der Waals surface area (Å²) in [5.74, 6) is -0.149. The Bertz CT molecular complexity index is 464. The molecule has 0 N–H and O–H groups in total. The van der Waals surface area contributed by atoms with Gasteiger partial charge in [-0.15, -0.1) is 4.72 Å². The molecule has 0 atom stereocenters. The van der Waals surface area contributed by atoms with Gasteiger partial charge in [-0.25, -0.2) is 8.42 Å². The minimum Gasteiger partial charge on any atom is -0.494 e. The highest BCUT2D eigenvalue weighted by molar-refractivity contribution is 7.89. The van der Waals surface area contributed by atoms with Crippen LogP contribution in [0.25, 0.3) is 0 Å². The van der Waals surface area contributed by atoms with Crippen molar-refractivity contribution in [1.82, 2.24) is 4.72 Å². The summed E-state index contributed by atoms with van der Waals surface area (Å²) in [4.78, 5) is 11.3. The SMILES string of the molecule is CCOc1ccc(C(=O)[N]S(C)(=O)=O)cc1. The first kappa shape index (κ1) is 12.5. The summed E-state index contributed by atoms with van der Waals surface area (Å²) in [7, 11) is -3.65. The molecular weight excluding hydrogens is 230 g/mol. The Morgan fingerprint density at radius 1 is 1.31 bits per heavy atom. The summed E-state index contributed by atoms with van der Waals surface area (Å²) in [5, 5.41) is 0. The van der Waals surface area contributed by atoms with Crippen molar-refractivity contribution in [1.29, 1.82) is 0 Å². The molecule has 0 unspecified atom stereocenters. The molecule has 0 aliphatic rings. The van der Waals surface area contributed by atoms with E-state index >= 15 is 0 Å². The number of benzene rings is 1. The van der Waals surface area contributed by atoms with Crippen molar-refractivity contribution in [2.24, 2.45) is 0 Å². The average molecular weight is 242 g/mol. The van der Waals surface area contributed by atoms with E-state index < -0.39 is 15.9 Å². The van der Waals surface area contributed by atoms with E-state index in [-0.39, 0.29) is 5.56 Å². The highest BCUT2D eigenvalue weighted by Crippen LogP contribution is 2.12. The molecular formula is C10H12NO4S. The van der Waals surface area contributed by atoms with Crippen LogP contribution in [0, 0.1) is 0 Å². The Morgan fingerprint density at radius 2 is 1.88 bits per heavy atom. The largest absolute Gasteiger partial charge is 0.494 e. The Morgan fingerprint density at radius 3 is 2.31 bits per heavy atom. The number of sulfonamides is 1. The fourth-order valence-electron chi connectivity index (χ4n) is 1.06. The summed E-state index contributed by atoms with van der Waals surface area (Å²) in [6.45, 7) is 2.37. The maximum Gasteiger partial charge on any atom is 0.287 e. The first-order valence-electron chi connectivity index (χ1n) is 4.62. The van der Waals surface area contributed by atoms with Crippen LogP contribution in [0.4, 0.5) is 0 Å². The van der Waals surface area contributed by atoms with Gasteiger partial charge in [-0.2, -0.15) is 0 Å². The van der Waals surface area contributed by atoms with Crippen LogP contribution >= 0.6 is 0 Å². The topological polar surface area (TPSA) is 74.5 Å². The molecule has 0 aliphatic carbocycles. The van der Waals surface area contributed by atoms with E-state index in [4.69, 9.17) is 4.74 Å². The van der Waals surface area contributed by atoms with E-state index in [9.17, 15) is 13.2 Å². The van der Waals surface area contributed by atoms with E-state index in [0.29, 0.717) is 12.4 Å². The van der Waals surface area contributed by atoms with Crippen LogP contribution in [0.5, 0.6) is 5.75 Å². The molecule has 1 aromatic carbocycles. The van der Waals surface area contributed by atoms with Gasteiger partial charge in [0.25, 0.3) is 15.9 Å². The summed E-state index contributed by atoms with van der Waals surface area (Å²) in [6.07, 6.45) is 0.874. The molecule has 1 rings (SSSR count). The lowest BCUT2D eigenvalue weighted by molar-refractivity contribution is 0.0978. The van der Waals surface area contributed by atoms with Crippen molar-refractivity contribution in [3.63, 3.8) is 0 Å². The van der Waals surface area contributed by atoms with Crippen molar-refractivity contribution in [2.45, 2.75) is 6.92 Å². The normalized spacial score (nSPS) is 10.9. The van der Waals surface area contributed by atoms with E-state index in [1.165, 1.54) is 12.1 Å². The molecule has 0 spiro atoms. The molecule has 0 saturated heterocycles. The molecule has 87 valence electrons. The monoisotopic (exact) mass is 242 g/mol. The molecule has 0 bridgehead atoms. The van der Waals surface area contributed by atoms with Gasteiger partial charge in [0, 0.05) is 5.56 Å². The van der Waals surface area contributed by atoms with Gasteiger partial charge in [0.2, 0.25) is 0 Å². The van der Waals surface area contributed by atoms with Gasteiger partial charge in [-0.3, -0.25) is 4.79 Å². The maximum absolute atomic E-state index is 11.3. The average Bonchev–Trinajstić information content (AvgIpc) is 2.16. The third kappa shape index (κ3) is 3.90. The van der Waals surface area contributed by atoms with Crippen molar-refractivity contribution in [3.8, 4) is 5.75 Å². The zero-order valence-electron chi connectivity index (χ0n) is 9.00. The second-order valence-electron chi connectivity index (χ2n) is 3.09. The molecule has 1 amide bonds. The van der Waals surface area contributed by atoms with Crippen LogP contribution < -0.4 is 9.46 Å². The van der Waals surface area contributed by atoms with Crippen molar-refractivity contribution in [2.75, 3.05) is 12.9 Å². The van der Waals surface area contributed by atoms with Crippen LogP contribution in [-0.4, -0.2) is 27.2 Å². The summed E-state index contributed by atoms with van der Waals surface area (Å²) in [6, 6.07) is 6.13. The summed E-state index contributed by atoms with van der Waals surface area (Å²) < 4.78 is 29.8.